The zero-order chi connectivity index (χ0) is 24.2. The highest BCUT2D eigenvalue weighted by atomic mass is 16.5. The molecule has 0 fully saturated rings. The highest BCUT2D eigenvalue weighted by Crippen LogP contribution is 2.17. The van der Waals surface area contributed by atoms with Crippen molar-refractivity contribution in [3.63, 3.8) is 0 Å². The van der Waals surface area contributed by atoms with Crippen LogP contribution in [0.3, 0.4) is 0 Å². The minimum Gasteiger partial charge on any atom is -0.484 e. The molecule has 0 saturated carbocycles. The fourth-order valence-electron chi connectivity index (χ4n) is 3.77. The van der Waals surface area contributed by atoms with Crippen LogP contribution in [0, 0.1) is 6.92 Å². The maximum atomic E-state index is 13.5. The van der Waals surface area contributed by atoms with E-state index in [1.807, 2.05) is 91.9 Å². The van der Waals surface area contributed by atoms with Gasteiger partial charge in [-0.2, -0.15) is 0 Å². The number of benzene rings is 3. The number of amides is 2. The van der Waals surface area contributed by atoms with E-state index in [2.05, 4.69) is 12.2 Å². The van der Waals surface area contributed by atoms with Gasteiger partial charge in [-0.15, -0.1) is 0 Å². The summed E-state index contributed by atoms with van der Waals surface area (Å²) in [6, 6.07) is 26.5. The molecule has 0 heterocycles. The molecule has 0 aliphatic heterocycles. The number of carbonyl (C=O) groups excluding carboxylic acids is 2. The van der Waals surface area contributed by atoms with E-state index in [9.17, 15) is 9.59 Å². The minimum atomic E-state index is -0.645. The van der Waals surface area contributed by atoms with Crippen LogP contribution in [0.5, 0.6) is 5.75 Å². The zero-order valence-corrected chi connectivity index (χ0v) is 20.1. The average Bonchev–Trinajstić information content (AvgIpc) is 2.86. The number of ether oxygens (including phenoxy) is 1. The van der Waals surface area contributed by atoms with Crippen LogP contribution >= 0.6 is 0 Å². The van der Waals surface area contributed by atoms with E-state index in [1.54, 1.807) is 4.90 Å². The topological polar surface area (TPSA) is 58.6 Å². The van der Waals surface area contributed by atoms with Gasteiger partial charge in [0.2, 0.25) is 5.91 Å². The van der Waals surface area contributed by atoms with Gasteiger partial charge < -0.3 is 15.0 Å². The molecule has 0 unspecified atom stereocenters. The van der Waals surface area contributed by atoms with Crippen molar-refractivity contribution >= 4 is 11.8 Å². The van der Waals surface area contributed by atoms with Crippen molar-refractivity contribution in [2.45, 2.75) is 45.7 Å². The Morgan fingerprint density at radius 3 is 2.24 bits per heavy atom. The molecule has 2 amide bonds. The van der Waals surface area contributed by atoms with Gasteiger partial charge in [-0.1, -0.05) is 86.1 Å². The number of carbonyl (C=O) groups is 2. The second kappa shape index (κ2) is 13.2. The van der Waals surface area contributed by atoms with Crippen molar-refractivity contribution in [3.8, 4) is 5.75 Å². The van der Waals surface area contributed by atoms with Crippen LogP contribution < -0.4 is 10.1 Å². The number of unbranched alkanes of at least 4 members (excludes halogenated alkanes) is 1. The maximum Gasteiger partial charge on any atom is 0.261 e. The lowest BCUT2D eigenvalue weighted by Crippen LogP contribution is -2.51. The van der Waals surface area contributed by atoms with Gasteiger partial charge in [0.15, 0.2) is 6.61 Å². The third-order valence-corrected chi connectivity index (χ3v) is 5.65. The Labute approximate surface area is 202 Å². The minimum absolute atomic E-state index is 0.135. The van der Waals surface area contributed by atoms with Gasteiger partial charge in [0, 0.05) is 19.5 Å². The first-order valence-electron chi connectivity index (χ1n) is 11.9. The molecule has 0 aliphatic carbocycles. The summed E-state index contributed by atoms with van der Waals surface area (Å²) < 4.78 is 5.82. The Morgan fingerprint density at radius 2 is 1.59 bits per heavy atom. The van der Waals surface area contributed by atoms with Gasteiger partial charge in [-0.3, -0.25) is 9.59 Å². The van der Waals surface area contributed by atoms with Crippen molar-refractivity contribution in [1.29, 1.82) is 0 Å². The van der Waals surface area contributed by atoms with Crippen molar-refractivity contribution < 1.29 is 14.3 Å². The first-order valence-corrected chi connectivity index (χ1v) is 11.9. The molecule has 34 heavy (non-hydrogen) atoms. The van der Waals surface area contributed by atoms with Crippen LogP contribution in [-0.4, -0.2) is 35.9 Å². The van der Waals surface area contributed by atoms with Gasteiger partial charge in [0.1, 0.15) is 11.8 Å². The predicted molar refractivity (Wildman–Crippen MR) is 136 cm³/mol. The highest BCUT2D eigenvalue weighted by molar-refractivity contribution is 5.88. The zero-order valence-electron chi connectivity index (χ0n) is 20.1. The van der Waals surface area contributed by atoms with Crippen LogP contribution in [0.1, 0.15) is 36.5 Å². The Hall–Kier alpha value is -3.60. The molecule has 3 aromatic rings. The molecule has 5 nitrogen and oxygen atoms in total. The predicted octanol–water partition coefficient (Wildman–Crippen LogP) is 4.93. The molecule has 3 aromatic carbocycles. The summed E-state index contributed by atoms with van der Waals surface area (Å²) in [6.45, 7) is 4.85. The Bertz CT molecular complexity index is 1040. The summed E-state index contributed by atoms with van der Waals surface area (Å²) in [7, 11) is 0. The summed E-state index contributed by atoms with van der Waals surface area (Å²) in [6.07, 6.45) is 2.31. The van der Waals surface area contributed by atoms with Gasteiger partial charge in [0.05, 0.1) is 0 Å². The van der Waals surface area contributed by atoms with E-state index < -0.39 is 6.04 Å². The lowest BCUT2D eigenvalue weighted by molar-refractivity contribution is -0.142. The molecule has 0 radical (unpaired) electrons. The standard InChI is InChI=1S/C29H34N2O3/c1-3-4-18-30-29(33)27(20-24-13-7-5-8-14-24)31(21-25-15-9-6-10-16-25)28(32)22-34-26-17-11-12-23(2)19-26/h5-17,19,27H,3-4,18,20-22H2,1-2H3,(H,30,33)/t27-/m0/s1. The number of hydrogen-bond acceptors (Lipinski definition) is 3. The molecular weight excluding hydrogens is 424 g/mol. The summed E-state index contributed by atoms with van der Waals surface area (Å²) in [5.41, 5.74) is 3.03. The molecule has 0 bridgehead atoms. The fraction of sp³-hybridized carbons (Fsp3) is 0.310. The van der Waals surface area contributed by atoms with Crippen LogP contribution in [0.2, 0.25) is 0 Å². The molecule has 1 N–H and O–H groups in total. The normalized spacial score (nSPS) is 11.5. The first-order chi connectivity index (χ1) is 16.6. The largest absolute Gasteiger partial charge is 0.484 e. The number of hydrogen-bond donors (Lipinski definition) is 1. The SMILES string of the molecule is CCCCNC(=O)[C@H](Cc1ccccc1)N(Cc1ccccc1)C(=O)COc1cccc(C)c1. The quantitative estimate of drug-likeness (QED) is 0.392. The van der Waals surface area contributed by atoms with Crippen molar-refractivity contribution in [1.82, 2.24) is 10.2 Å². The maximum absolute atomic E-state index is 13.5. The second-order valence-corrected chi connectivity index (χ2v) is 8.46. The van der Waals surface area contributed by atoms with E-state index in [1.165, 1.54) is 0 Å². The van der Waals surface area contributed by atoms with Crippen molar-refractivity contribution in [2.24, 2.45) is 0 Å². The van der Waals surface area contributed by atoms with E-state index in [0.717, 1.165) is 29.5 Å². The number of nitrogens with zero attached hydrogens (tertiary/aromatic N) is 1. The first kappa shape index (κ1) is 25.0. The lowest BCUT2D eigenvalue weighted by Gasteiger charge is -2.31. The van der Waals surface area contributed by atoms with E-state index in [0.29, 0.717) is 25.3 Å². The molecule has 0 saturated heterocycles. The molecule has 1 atom stereocenters. The number of nitrogens with one attached hydrogen (secondary N) is 1. The Kier molecular flexibility index (Phi) is 9.71. The van der Waals surface area contributed by atoms with Crippen molar-refractivity contribution in [3.05, 3.63) is 102 Å². The average molecular weight is 459 g/mol. The van der Waals surface area contributed by atoms with Crippen LogP contribution in [-0.2, 0) is 22.6 Å². The monoisotopic (exact) mass is 458 g/mol. The number of rotatable bonds is 12. The van der Waals surface area contributed by atoms with E-state index in [4.69, 9.17) is 4.74 Å². The molecule has 0 aliphatic rings. The van der Waals surface area contributed by atoms with Gasteiger partial charge >= 0.3 is 0 Å². The van der Waals surface area contributed by atoms with E-state index in [-0.39, 0.29) is 18.4 Å². The Morgan fingerprint density at radius 1 is 0.912 bits per heavy atom. The van der Waals surface area contributed by atoms with Gasteiger partial charge in [-0.05, 0) is 42.2 Å². The van der Waals surface area contributed by atoms with Crippen LogP contribution in [0.4, 0.5) is 0 Å². The Balaban J connectivity index is 1.85. The second-order valence-electron chi connectivity index (χ2n) is 8.46. The van der Waals surface area contributed by atoms with Gasteiger partial charge in [0.25, 0.3) is 5.91 Å². The molecule has 178 valence electrons. The van der Waals surface area contributed by atoms with Gasteiger partial charge in [-0.25, -0.2) is 0 Å². The van der Waals surface area contributed by atoms with Crippen LogP contribution in [0.25, 0.3) is 0 Å². The third kappa shape index (κ3) is 7.77. The third-order valence-electron chi connectivity index (χ3n) is 5.65. The summed E-state index contributed by atoms with van der Waals surface area (Å²) in [5, 5.41) is 3.03. The van der Waals surface area contributed by atoms with E-state index >= 15 is 0 Å². The molecule has 0 aromatic heterocycles. The molecular formula is C29H34N2O3. The molecule has 0 spiro atoms. The molecule has 3 rings (SSSR count). The summed E-state index contributed by atoms with van der Waals surface area (Å²) in [4.78, 5) is 28.5. The number of aryl methyl sites for hydroxylation is 1. The summed E-state index contributed by atoms with van der Waals surface area (Å²) in [5.74, 6) is 0.272. The van der Waals surface area contributed by atoms with Crippen LogP contribution in [0.15, 0.2) is 84.9 Å². The summed E-state index contributed by atoms with van der Waals surface area (Å²) >= 11 is 0. The fourth-order valence-corrected chi connectivity index (χ4v) is 3.77. The molecule has 5 heteroatoms. The highest BCUT2D eigenvalue weighted by Gasteiger charge is 2.30. The van der Waals surface area contributed by atoms with Crippen molar-refractivity contribution in [2.75, 3.05) is 13.2 Å². The smallest absolute Gasteiger partial charge is 0.261 e. The lowest BCUT2D eigenvalue weighted by atomic mass is 10.0.